The first-order chi connectivity index (χ1) is 18.8. The Bertz CT molecular complexity index is 1610. The number of oxime groups is 1. The Balaban J connectivity index is 1.53. The van der Waals surface area contributed by atoms with Crippen LogP contribution in [0.5, 0.6) is 5.75 Å². The van der Waals surface area contributed by atoms with Crippen LogP contribution >= 0.6 is 0 Å². The number of fused-ring (bicyclic) bond motifs is 1. The summed E-state index contributed by atoms with van der Waals surface area (Å²) in [5.74, 6) is -0.230. The van der Waals surface area contributed by atoms with Crippen LogP contribution in [-0.4, -0.2) is 33.3 Å². The standard InChI is InChI=1S/C29H27F3N2O5S/c1-4-38-26-14-22(10-11-23(26)24-15-27(35)39-33-24)40(36,37)34-17-28(2,3)16-20-13-19(7-12-25(20)34)18-5-8-21(9-6-18)29(30,31)32/h5-14H,4,15-17H2,1-3H3. The molecule has 2 aliphatic heterocycles. The maximum Gasteiger partial charge on any atom is 0.416 e. The molecule has 0 fully saturated rings. The first-order valence-electron chi connectivity index (χ1n) is 12.7. The molecule has 2 heterocycles. The van der Waals surface area contributed by atoms with Crippen LogP contribution in [-0.2, 0) is 32.3 Å². The molecule has 11 heteroatoms. The Morgan fingerprint density at radius 2 is 1.73 bits per heavy atom. The zero-order valence-corrected chi connectivity index (χ0v) is 22.9. The van der Waals surface area contributed by atoms with E-state index in [0.29, 0.717) is 34.5 Å². The highest BCUT2D eigenvalue weighted by Crippen LogP contribution is 2.42. The van der Waals surface area contributed by atoms with Gasteiger partial charge in [-0.2, -0.15) is 13.2 Å². The molecule has 0 N–H and O–H groups in total. The summed E-state index contributed by atoms with van der Waals surface area (Å²) in [5.41, 5.74) is 2.26. The van der Waals surface area contributed by atoms with Crippen molar-refractivity contribution in [3.8, 4) is 16.9 Å². The number of hydrogen-bond acceptors (Lipinski definition) is 6. The SMILES string of the molecule is CCOc1cc(S(=O)(=O)N2CC(C)(C)Cc3cc(-c4ccc(C(F)(F)F)cc4)ccc32)ccc1C1=NOC(=O)C1. The average molecular weight is 573 g/mol. The van der Waals surface area contributed by atoms with E-state index < -0.39 is 33.1 Å². The maximum absolute atomic E-state index is 14.0. The minimum absolute atomic E-state index is 0.0148. The largest absolute Gasteiger partial charge is 0.493 e. The normalized spacial score (nSPS) is 16.8. The first kappa shape index (κ1) is 27.7. The number of carbonyl (C=O) groups is 1. The third kappa shape index (κ3) is 5.30. The number of anilines is 1. The van der Waals surface area contributed by atoms with E-state index in [-0.39, 0.29) is 30.2 Å². The summed E-state index contributed by atoms with van der Waals surface area (Å²) < 4.78 is 74.2. The molecule has 0 aliphatic carbocycles. The van der Waals surface area contributed by atoms with E-state index in [4.69, 9.17) is 4.74 Å². The summed E-state index contributed by atoms with van der Waals surface area (Å²) in [4.78, 5) is 16.3. The fourth-order valence-electron chi connectivity index (χ4n) is 5.02. The van der Waals surface area contributed by atoms with Gasteiger partial charge in [-0.25, -0.2) is 13.2 Å². The number of ether oxygens (including phenoxy) is 1. The Hall–Kier alpha value is -3.86. The number of rotatable bonds is 6. The highest BCUT2D eigenvalue weighted by Gasteiger charge is 2.38. The van der Waals surface area contributed by atoms with Crippen molar-refractivity contribution >= 4 is 27.4 Å². The number of hydrogen-bond donors (Lipinski definition) is 0. The quantitative estimate of drug-likeness (QED) is 0.329. The number of nitrogens with zero attached hydrogens (tertiary/aromatic N) is 2. The van der Waals surface area contributed by atoms with Crippen molar-refractivity contribution in [2.75, 3.05) is 17.5 Å². The molecule has 0 bridgehead atoms. The van der Waals surface area contributed by atoms with Gasteiger partial charge < -0.3 is 9.57 Å². The molecule has 2 aliphatic rings. The van der Waals surface area contributed by atoms with Gasteiger partial charge in [0.25, 0.3) is 10.0 Å². The average Bonchev–Trinajstić information content (AvgIpc) is 3.33. The van der Waals surface area contributed by atoms with E-state index in [1.165, 1.54) is 28.6 Å². The van der Waals surface area contributed by atoms with Crippen LogP contribution < -0.4 is 9.04 Å². The molecule has 0 saturated carbocycles. The van der Waals surface area contributed by atoms with Crippen LogP contribution in [0.15, 0.2) is 70.7 Å². The van der Waals surface area contributed by atoms with Gasteiger partial charge in [0, 0.05) is 18.2 Å². The fraction of sp³-hybridized carbons (Fsp3) is 0.310. The topological polar surface area (TPSA) is 85.3 Å². The van der Waals surface area contributed by atoms with Gasteiger partial charge in [0.1, 0.15) is 11.5 Å². The molecule has 5 rings (SSSR count). The van der Waals surface area contributed by atoms with E-state index >= 15 is 0 Å². The van der Waals surface area contributed by atoms with Crippen LogP contribution in [0.2, 0.25) is 0 Å². The molecule has 0 amide bonds. The zero-order chi connectivity index (χ0) is 28.9. The van der Waals surface area contributed by atoms with Crippen LogP contribution in [0.4, 0.5) is 18.9 Å². The third-order valence-corrected chi connectivity index (χ3v) is 8.61. The highest BCUT2D eigenvalue weighted by molar-refractivity contribution is 7.92. The molecule has 210 valence electrons. The maximum atomic E-state index is 14.0. The number of halogens is 3. The summed E-state index contributed by atoms with van der Waals surface area (Å²) >= 11 is 0. The molecule has 0 atom stereocenters. The molecule has 0 spiro atoms. The lowest BCUT2D eigenvalue weighted by Gasteiger charge is -2.40. The van der Waals surface area contributed by atoms with Gasteiger partial charge in [0.05, 0.1) is 29.2 Å². The molecule has 0 saturated heterocycles. The predicted molar refractivity (Wildman–Crippen MR) is 144 cm³/mol. The Morgan fingerprint density at radius 1 is 1.02 bits per heavy atom. The molecular formula is C29H27F3N2O5S. The third-order valence-electron chi connectivity index (χ3n) is 6.86. The summed E-state index contributed by atoms with van der Waals surface area (Å²) in [5, 5.41) is 3.78. The lowest BCUT2D eigenvalue weighted by molar-refractivity contribution is -0.140. The number of benzene rings is 3. The van der Waals surface area contributed by atoms with Gasteiger partial charge in [-0.05, 0) is 71.8 Å². The smallest absolute Gasteiger partial charge is 0.416 e. The fourth-order valence-corrected chi connectivity index (χ4v) is 6.72. The van der Waals surface area contributed by atoms with E-state index in [0.717, 1.165) is 17.7 Å². The molecule has 40 heavy (non-hydrogen) atoms. The Kier molecular flexibility index (Phi) is 6.89. The van der Waals surface area contributed by atoms with Crippen LogP contribution in [0.1, 0.15) is 43.9 Å². The van der Waals surface area contributed by atoms with Crippen molar-refractivity contribution in [1.29, 1.82) is 0 Å². The molecule has 7 nitrogen and oxygen atoms in total. The second-order valence-electron chi connectivity index (χ2n) is 10.5. The monoisotopic (exact) mass is 572 g/mol. The molecule has 3 aromatic carbocycles. The second-order valence-corrected chi connectivity index (χ2v) is 12.4. The number of alkyl halides is 3. The van der Waals surface area contributed by atoms with Crippen molar-refractivity contribution in [3.63, 3.8) is 0 Å². The van der Waals surface area contributed by atoms with E-state index in [1.807, 2.05) is 19.9 Å². The van der Waals surface area contributed by atoms with Gasteiger partial charge in [-0.15, -0.1) is 0 Å². The number of carbonyl (C=O) groups excluding carboxylic acids is 1. The lowest BCUT2D eigenvalue weighted by Crippen LogP contribution is -2.44. The van der Waals surface area contributed by atoms with Crippen molar-refractivity contribution < 1.29 is 36.0 Å². The van der Waals surface area contributed by atoms with Gasteiger partial charge in [-0.1, -0.05) is 37.2 Å². The summed E-state index contributed by atoms with van der Waals surface area (Å²) in [7, 11) is -4.05. The Labute approximate surface area is 230 Å². The van der Waals surface area contributed by atoms with Crippen LogP contribution in [0.25, 0.3) is 11.1 Å². The molecule has 0 unspecified atom stereocenters. The summed E-state index contributed by atoms with van der Waals surface area (Å²) in [6, 6.07) is 14.6. The molecule has 3 aromatic rings. The van der Waals surface area contributed by atoms with Crippen molar-refractivity contribution in [1.82, 2.24) is 0 Å². The summed E-state index contributed by atoms with van der Waals surface area (Å²) in [6.45, 7) is 6.19. The minimum atomic E-state index is -4.43. The number of sulfonamides is 1. The second kappa shape index (κ2) is 9.96. The van der Waals surface area contributed by atoms with Gasteiger partial charge in [0.15, 0.2) is 0 Å². The van der Waals surface area contributed by atoms with Crippen LogP contribution in [0.3, 0.4) is 0 Å². The predicted octanol–water partition coefficient (Wildman–Crippen LogP) is 6.20. The minimum Gasteiger partial charge on any atom is -0.493 e. The highest BCUT2D eigenvalue weighted by atomic mass is 32.2. The molecular weight excluding hydrogens is 545 g/mol. The van der Waals surface area contributed by atoms with Crippen molar-refractivity contribution in [2.45, 2.75) is 44.7 Å². The van der Waals surface area contributed by atoms with Gasteiger partial charge in [-0.3, -0.25) is 4.31 Å². The molecule has 0 radical (unpaired) electrons. The lowest BCUT2D eigenvalue weighted by atomic mass is 9.81. The molecule has 0 aromatic heterocycles. The van der Waals surface area contributed by atoms with E-state index in [2.05, 4.69) is 9.99 Å². The van der Waals surface area contributed by atoms with Crippen molar-refractivity contribution in [3.05, 3.63) is 77.4 Å². The Morgan fingerprint density at radius 3 is 2.35 bits per heavy atom. The van der Waals surface area contributed by atoms with Gasteiger partial charge in [0.2, 0.25) is 0 Å². The van der Waals surface area contributed by atoms with Crippen LogP contribution in [0, 0.1) is 5.41 Å². The first-order valence-corrected chi connectivity index (χ1v) is 14.1. The van der Waals surface area contributed by atoms with E-state index in [1.54, 1.807) is 25.1 Å². The summed E-state index contributed by atoms with van der Waals surface area (Å²) in [6.07, 6.45) is -3.88. The van der Waals surface area contributed by atoms with Crippen molar-refractivity contribution in [2.24, 2.45) is 10.6 Å². The zero-order valence-electron chi connectivity index (χ0n) is 22.1. The van der Waals surface area contributed by atoms with E-state index in [9.17, 15) is 26.4 Å². The van der Waals surface area contributed by atoms with Gasteiger partial charge >= 0.3 is 12.1 Å².